The standard InChI is InChI=1S/C21H22ClF3N4O6S/c22-15-3-1-14-12-16(4-2-13(14)11-15)36(32,33)29-6-5-26-17(19(29)35-20(31)21(23,24)25)18(30)27-28-7-9-34-10-8-28/h1-4,11-12,17,19,26H,5-10H2,(H,27,30). The van der Waals surface area contributed by atoms with Crippen LogP contribution in [0, 0.1) is 0 Å². The minimum Gasteiger partial charge on any atom is -0.436 e. The number of rotatable bonds is 5. The number of hydrogen-bond donors (Lipinski definition) is 2. The van der Waals surface area contributed by atoms with Gasteiger partial charge in [0, 0.05) is 31.2 Å². The molecule has 36 heavy (non-hydrogen) atoms. The van der Waals surface area contributed by atoms with E-state index in [1.807, 2.05) is 0 Å². The van der Waals surface area contributed by atoms with Crippen molar-refractivity contribution in [3.05, 3.63) is 41.4 Å². The van der Waals surface area contributed by atoms with E-state index in [0.717, 1.165) is 0 Å². The molecule has 15 heteroatoms. The predicted molar refractivity (Wildman–Crippen MR) is 121 cm³/mol. The maximum atomic E-state index is 13.5. The first kappa shape index (κ1) is 26.6. The Morgan fingerprint density at radius 1 is 1.08 bits per heavy atom. The number of hydrogen-bond acceptors (Lipinski definition) is 8. The zero-order valence-corrected chi connectivity index (χ0v) is 20.2. The lowest BCUT2D eigenvalue weighted by molar-refractivity contribution is -0.213. The average molecular weight is 551 g/mol. The highest BCUT2D eigenvalue weighted by Crippen LogP contribution is 2.28. The van der Waals surface area contributed by atoms with Crippen LogP contribution < -0.4 is 10.7 Å². The van der Waals surface area contributed by atoms with Crippen LogP contribution in [-0.2, 0) is 29.1 Å². The zero-order chi connectivity index (χ0) is 26.1. The van der Waals surface area contributed by atoms with E-state index in [4.69, 9.17) is 16.3 Å². The van der Waals surface area contributed by atoms with E-state index in [-0.39, 0.29) is 18.0 Å². The number of alkyl halides is 3. The number of ether oxygens (including phenoxy) is 2. The average Bonchev–Trinajstić information content (AvgIpc) is 2.83. The van der Waals surface area contributed by atoms with Crippen LogP contribution in [0.4, 0.5) is 13.2 Å². The molecule has 10 nitrogen and oxygen atoms in total. The second-order valence-electron chi connectivity index (χ2n) is 8.07. The van der Waals surface area contributed by atoms with Gasteiger partial charge in [0.1, 0.15) is 6.04 Å². The molecule has 0 spiro atoms. The first-order chi connectivity index (χ1) is 17.0. The number of esters is 1. The number of nitrogens with one attached hydrogen (secondary N) is 2. The summed E-state index contributed by atoms with van der Waals surface area (Å²) in [6, 6.07) is 7.25. The molecule has 2 aromatic rings. The number of benzene rings is 2. The van der Waals surface area contributed by atoms with Crippen LogP contribution in [0.3, 0.4) is 0 Å². The number of morpholine rings is 1. The Kier molecular flexibility index (Phi) is 7.73. The van der Waals surface area contributed by atoms with Crippen molar-refractivity contribution in [2.24, 2.45) is 0 Å². The van der Waals surface area contributed by atoms with Gasteiger partial charge < -0.3 is 14.8 Å². The van der Waals surface area contributed by atoms with Gasteiger partial charge in [-0.25, -0.2) is 18.2 Å². The van der Waals surface area contributed by atoms with E-state index in [1.165, 1.54) is 23.2 Å². The molecule has 2 N–H and O–H groups in total. The number of sulfonamides is 1. The molecule has 0 saturated carbocycles. The molecule has 0 aliphatic carbocycles. The molecule has 4 rings (SSSR count). The number of fused-ring (bicyclic) bond motifs is 1. The van der Waals surface area contributed by atoms with Gasteiger partial charge in [0.05, 0.1) is 18.1 Å². The smallest absolute Gasteiger partial charge is 0.436 e. The Morgan fingerprint density at radius 3 is 2.44 bits per heavy atom. The SMILES string of the molecule is O=C(NN1CCOCC1)C1NCCN(S(=O)(=O)c2ccc3cc(Cl)ccc3c2)C1OC(=O)C(F)(F)F. The molecule has 2 saturated heterocycles. The molecule has 196 valence electrons. The Morgan fingerprint density at radius 2 is 1.75 bits per heavy atom. The summed E-state index contributed by atoms with van der Waals surface area (Å²) in [6.07, 6.45) is -7.50. The molecule has 2 fully saturated rings. The number of nitrogens with zero attached hydrogens (tertiary/aromatic N) is 2. The summed E-state index contributed by atoms with van der Waals surface area (Å²) in [4.78, 5) is 24.4. The monoisotopic (exact) mass is 550 g/mol. The van der Waals surface area contributed by atoms with E-state index in [2.05, 4.69) is 15.5 Å². The number of piperazine rings is 1. The molecule has 2 aliphatic rings. The molecule has 1 amide bonds. The minimum atomic E-state index is -5.40. The first-order valence-electron chi connectivity index (χ1n) is 10.8. The number of carbonyl (C=O) groups is 2. The number of halogens is 4. The molecule has 0 aromatic heterocycles. The fraction of sp³-hybridized carbons (Fsp3) is 0.429. The number of carbonyl (C=O) groups excluding carboxylic acids is 2. The van der Waals surface area contributed by atoms with Crippen LogP contribution in [0.2, 0.25) is 5.02 Å². The molecule has 2 atom stereocenters. The van der Waals surface area contributed by atoms with Crippen molar-refractivity contribution in [1.82, 2.24) is 20.1 Å². The van der Waals surface area contributed by atoms with Crippen molar-refractivity contribution >= 4 is 44.3 Å². The van der Waals surface area contributed by atoms with Crippen LogP contribution in [0.15, 0.2) is 41.3 Å². The van der Waals surface area contributed by atoms with Crippen LogP contribution in [-0.4, -0.2) is 87.4 Å². The van der Waals surface area contributed by atoms with E-state index in [1.54, 1.807) is 18.2 Å². The van der Waals surface area contributed by atoms with Gasteiger partial charge in [-0.05, 0) is 35.0 Å². The topological polar surface area (TPSA) is 117 Å². The van der Waals surface area contributed by atoms with E-state index < -0.39 is 40.3 Å². The first-order valence-corrected chi connectivity index (χ1v) is 12.6. The normalized spacial score (nSPS) is 22.3. The summed E-state index contributed by atoms with van der Waals surface area (Å²) >= 11 is 5.97. The second kappa shape index (κ2) is 10.5. The Hall–Kier alpha value is -2.49. The second-order valence-corrected chi connectivity index (χ2v) is 10.4. The number of hydrazine groups is 1. The summed E-state index contributed by atoms with van der Waals surface area (Å²) in [7, 11) is -4.50. The molecule has 2 heterocycles. The Labute approximate surface area is 209 Å². The molecule has 2 unspecified atom stereocenters. The van der Waals surface area contributed by atoms with Crippen LogP contribution >= 0.6 is 11.6 Å². The van der Waals surface area contributed by atoms with E-state index >= 15 is 0 Å². The zero-order valence-electron chi connectivity index (χ0n) is 18.6. The summed E-state index contributed by atoms with van der Waals surface area (Å²) in [5.74, 6) is -3.47. The summed E-state index contributed by atoms with van der Waals surface area (Å²) < 4.78 is 76.6. The fourth-order valence-corrected chi connectivity index (χ4v) is 5.64. The van der Waals surface area contributed by atoms with E-state index in [0.29, 0.717) is 46.4 Å². The van der Waals surface area contributed by atoms with Gasteiger partial charge in [-0.2, -0.15) is 17.5 Å². The molecular weight excluding hydrogens is 529 g/mol. The number of amides is 1. The largest absolute Gasteiger partial charge is 0.490 e. The lowest BCUT2D eigenvalue weighted by atomic mass is 10.1. The summed E-state index contributed by atoms with van der Waals surface area (Å²) in [6.45, 7) is 0.835. The van der Waals surface area contributed by atoms with Crippen molar-refractivity contribution in [3.63, 3.8) is 0 Å². The third-order valence-corrected chi connectivity index (χ3v) is 7.76. The van der Waals surface area contributed by atoms with Gasteiger partial charge in [0.15, 0.2) is 6.23 Å². The van der Waals surface area contributed by atoms with Crippen LogP contribution in [0.5, 0.6) is 0 Å². The maximum absolute atomic E-state index is 13.5. The highest BCUT2D eigenvalue weighted by atomic mass is 35.5. The quantitative estimate of drug-likeness (QED) is 0.534. The summed E-state index contributed by atoms with van der Waals surface area (Å²) in [5, 5.41) is 5.75. The van der Waals surface area contributed by atoms with Crippen LogP contribution in [0.25, 0.3) is 10.8 Å². The Bertz CT molecular complexity index is 1260. The predicted octanol–water partition coefficient (Wildman–Crippen LogP) is 1.25. The maximum Gasteiger partial charge on any atom is 0.490 e. The van der Waals surface area contributed by atoms with Crippen molar-refractivity contribution < 1.29 is 40.7 Å². The van der Waals surface area contributed by atoms with Gasteiger partial charge in [0.2, 0.25) is 10.0 Å². The van der Waals surface area contributed by atoms with Crippen molar-refractivity contribution in [2.45, 2.75) is 23.3 Å². The lowest BCUT2D eigenvalue weighted by Gasteiger charge is -2.40. The van der Waals surface area contributed by atoms with Gasteiger partial charge in [-0.15, -0.1) is 0 Å². The minimum absolute atomic E-state index is 0.0797. The highest BCUT2D eigenvalue weighted by molar-refractivity contribution is 7.89. The van der Waals surface area contributed by atoms with Gasteiger partial charge in [-0.1, -0.05) is 23.7 Å². The van der Waals surface area contributed by atoms with Crippen molar-refractivity contribution in [3.8, 4) is 0 Å². The molecule has 0 radical (unpaired) electrons. The van der Waals surface area contributed by atoms with Gasteiger partial charge >= 0.3 is 12.1 Å². The summed E-state index contributed by atoms with van der Waals surface area (Å²) in [5.41, 5.74) is 2.52. The highest BCUT2D eigenvalue weighted by Gasteiger charge is 2.50. The molecular formula is C21H22ClF3N4O6S. The Balaban J connectivity index is 1.67. The lowest BCUT2D eigenvalue weighted by Crippen LogP contribution is -2.67. The van der Waals surface area contributed by atoms with Gasteiger partial charge in [-0.3, -0.25) is 10.2 Å². The third-order valence-electron chi connectivity index (χ3n) is 5.67. The van der Waals surface area contributed by atoms with Crippen molar-refractivity contribution in [2.75, 3.05) is 39.4 Å². The van der Waals surface area contributed by atoms with Crippen molar-refractivity contribution in [1.29, 1.82) is 0 Å². The fourth-order valence-electron chi connectivity index (χ4n) is 3.90. The molecule has 0 bridgehead atoms. The van der Waals surface area contributed by atoms with Gasteiger partial charge in [0.25, 0.3) is 5.91 Å². The van der Waals surface area contributed by atoms with Crippen LogP contribution in [0.1, 0.15) is 0 Å². The van der Waals surface area contributed by atoms with E-state index in [9.17, 15) is 31.2 Å². The molecule has 2 aromatic carbocycles. The molecule has 2 aliphatic heterocycles. The third kappa shape index (κ3) is 5.74.